The summed E-state index contributed by atoms with van der Waals surface area (Å²) < 4.78 is 33.7. The van der Waals surface area contributed by atoms with Gasteiger partial charge >= 0.3 is 5.69 Å². The van der Waals surface area contributed by atoms with Crippen molar-refractivity contribution in [2.45, 2.75) is 6.54 Å². The lowest BCUT2D eigenvalue weighted by Gasteiger charge is -2.27. The van der Waals surface area contributed by atoms with Crippen LogP contribution in [0, 0.1) is 11.6 Å². The summed E-state index contributed by atoms with van der Waals surface area (Å²) in [5, 5.41) is 6.48. The maximum absolute atomic E-state index is 13.2. The number of amides is 1. The lowest BCUT2D eigenvalue weighted by Crippen LogP contribution is -2.36. The zero-order valence-corrected chi connectivity index (χ0v) is 14.6. The van der Waals surface area contributed by atoms with Gasteiger partial charge in [0.2, 0.25) is 5.91 Å². The molecule has 2 aromatic heterocycles. The molecule has 146 valence electrons. The van der Waals surface area contributed by atoms with E-state index < -0.39 is 29.8 Å². The molecule has 0 bridgehead atoms. The highest BCUT2D eigenvalue weighted by atomic mass is 19.2. The third kappa shape index (κ3) is 3.56. The monoisotopic (exact) mass is 390 g/mol. The zero-order valence-electron chi connectivity index (χ0n) is 14.6. The minimum atomic E-state index is -1.08. The van der Waals surface area contributed by atoms with Crippen molar-refractivity contribution in [3.8, 4) is 0 Å². The topological polar surface area (TPSA) is 93.8 Å². The van der Waals surface area contributed by atoms with Gasteiger partial charge in [-0.25, -0.2) is 22.7 Å². The van der Waals surface area contributed by atoms with Crippen molar-refractivity contribution in [3.05, 3.63) is 52.6 Å². The van der Waals surface area contributed by atoms with E-state index in [2.05, 4.69) is 15.4 Å². The molecule has 1 amide bonds. The van der Waals surface area contributed by atoms with E-state index in [1.165, 1.54) is 10.5 Å². The molecule has 1 N–H and O–H groups in total. The molecule has 3 aromatic rings. The maximum atomic E-state index is 13.2. The first kappa shape index (κ1) is 18.0. The van der Waals surface area contributed by atoms with Crippen LogP contribution in [-0.4, -0.2) is 51.4 Å². The normalized spacial score (nSPS) is 14.4. The van der Waals surface area contributed by atoms with Gasteiger partial charge in [0.05, 0.1) is 13.2 Å². The smallest absolute Gasteiger partial charge is 0.352 e. The summed E-state index contributed by atoms with van der Waals surface area (Å²) in [5.74, 6) is -1.88. The fraction of sp³-hybridized carbons (Fsp3) is 0.294. The quantitative estimate of drug-likeness (QED) is 0.703. The summed E-state index contributed by atoms with van der Waals surface area (Å²) in [6, 6.07) is 4.68. The van der Waals surface area contributed by atoms with Crippen molar-refractivity contribution in [2.75, 3.05) is 36.5 Å². The van der Waals surface area contributed by atoms with Gasteiger partial charge in [-0.1, -0.05) is 0 Å². The Morgan fingerprint density at radius 1 is 1.18 bits per heavy atom. The van der Waals surface area contributed by atoms with Crippen LogP contribution >= 0.6 is 0 Å². The molecule has 0 atom stereocenters. The van der Waals surface area contributed by atoms with E-state index in [9.17, 15) is 18.4 Å². The van der Waals surface area contributed by atoms with Crippen molar-refractivity contribution in [1.29, 1.82) is 0 Å². The van der Waals surface area contributed by atoms with Crippen molar-refractivity contribution in [1.82, 2.24) is 19.2 Å². The van der Waals surface area contributed by atoms with Gasteiger partial charge in [-0.3, -0.25) is 4.79 Å². The number of benzene rings is 1. The molecule has 4 rings (SSSR count). The van der Waals surface area contributed by atoms with Crippen molar-refractivity contribution >= 4 is 23.2 Å². The number of aromatic nitrogens is 4. The summed E-state index contributed by atoms with van der Waals surface area (Å²) in [6.45, 7) is 2.17. The minimum Gasteiger partial charge on any atom is -0.378 e. The molecule has 1 fully saturated rings. The van der Waals surface area contributed by atoms with E-state index in [4.69, 9.17) is 4.74 Å². The summed E-state index contributed by atoms with van der Waals surface area (Å²) >= 11 is 0. The number of rotatable bonds is 4. The average Bonchev–Trinajstić information content (AvgIpc) is 3.00. The standard InChI is InChI=1S/C17H16F2N6O3/c18-12-2-1-11(9-13(12)19)20-15(26)10-25-17(27)24-4-3-14(21-16(24)22-25)23-5-7-28-8-6-23/h1-4,9H,5-8,10H2,(H,20,26). The van der Waals surface area contributed by atoms with Gasteiger partial charge in [0.25, 0.3) is 5.78 Å². The first-order valence-electron chi connectivity index (χ1n) is 8.55. The molecule has 1 saturated heterocycles. The molecular weight excluding hydrogens is 374 g/mol. The van der Waals surface area contributed by atoms with E-state index in [1.54, 1.807) is 12.3 Å². The number of nitrogens with zero attached hydrogens (tertiary/aromatic N) is 5. The molecule has 1 aliphatic heterocycles. The highest BCUT2D eigenvalue weighted by Gasteiger charge is 2.16. The first-order chi connectivity index (χ1) is 13.5. The van der Waals surface area contributed by atoms with Crippen LogP contribution in [0.1, 0.15) is 0 Å². The van der Waals surface area contributed by atoms with E-state index in [0.717, 1.165) is 16.8 Å². The second-order valence-corrected chi connectivity index (χ2v) is 6.17. The summed E-state index contributed by atoms with van der Waals surface area (Å²) in [6.07, 6.45) is 1.55. The van der Waals surface area contributed by atoms with Gasteiger partial charge in [-0.05, 0) is 18.2 Å². The lowest BCUT2D eigenvalue weighted by atomic mass is 10.3. The molecule has 3 heterocycles. The predicted molar refractivity (Wildman–Crippen MR) is 95.3 cm³/mol. The lowest BCUT2D eigenvalue weighted by molar-refractivity contribution is -0.117. The molecule has 0 unspecified atom stereocenters. The SMILES string of the molecule is O=C(Cn1nc2nc(N3CCOCC3)ccn2c1=O)Nc1ccc(F)c(F)c1. The minimum absolute atomic E-state index is 0.0773. The molecule has 0 spiro atoms. The Labute approximate surface area is 157 Å². The number of ether oxygens (including phenoxy) is 1. The molecule has 1 aliphatic rings. The van der Waals surface area contributed by atoms with Crippen LogP contribution in [0.25, 0.3) is 5.78 Å². The first-order valence-corrected chi connectivity index (χ1v) is 8.55. The fourth-order valence-electron chi connectivity index (χ4n) is 2.88. The van der Waals surface area contributed by atoms with Crippen molar-refractivity contribution in [2.24, 2.45) is 0 Å². The number of morpholine rings is 1. The van der Waals surface area contributed by atoms with E-state index in [0.29, 0.717) is 32.1 Å². The van der Waals surface area contributed by atoms with E-state index in [1.807, 2.05) is 4.90 Å². The molecule has 0 aliphatic carbocycles. The number of fused-ring (bicyclic) bond motifs is 1. The van der Waals surface area contributed by atoms with Crippen LogP contribution < -0.4 is 15.9 Å². The third-order valence-corrected chi connectivity index (χ3v) is 4.27. The van der Waals surface area contributed by atoms with E-state index in [-0.39, 0.29) is 11.5 Å². The number of hydrogen-bond donors (Lipinski definition) is 1. The van der Waals surface area contributed by atoms with Crippen LogP contribution in [0.15, 0.2) is 35.3 Å². The Morgan fingerprint density at radius 2 is 1.96 bits per heavy atom. The zero-order chi connectivity index (χ0) is 19.7. The maximum Gasteiger partial charge on any atom is 0.352 e. The molecular formula is C17H16F2N6O3. The van der Waals surface area contributed by atoms with Crippen molar-refractivity contribution in [3.63, 3.8) is 0 Å². The van der Waals surface area contributed by atoms with Crippen molar-refractivity contribution < 1.29 is 18.3 Å². The average molecular weight is 390 g/mol. The van der Waals surface area contributed by atoms with Gasteiger partial charge in [-0.15, -0.1) is 5.10 Å². The molecule has 11 heteroatoms. The van der Waals surface area contributed by atoms with Crippen LogP contribution in [0.3, 0.4) is 0 Å². The molecule has 28 heavy (non-hydrogen) atoms. The fourth-order valence-corrected chi connectivity index (χ4v) is 2.88. The Morgan fingerprint density at radius 3 is 2.71 bits per heavy atom. The molecule has 1 aromatic carbocycles. The number of hydrogen-bond acceptors (Lipinski definition) is 6. The Bertz CT molecular complexity index is 1090. The summed E-state index contributed by atoms with van der Waals surface area (Å²) in [7, 11) is 0. The molecule has 0 saturated carbocycles. The second kappa shape index (κ2) is 7.35. The van der Waals surface area contributed by atoms with Crippen LogP contribution in [0.5, 0.6) is 0 Å². The van der Waals surface area contributed by atoms with Crippen LogP contribution in [0.4, 0.5) is 20.3 Å². The number of carbonyl (C=O) groups is 1. The highest BCUT2D eigenvalue weighted by Crippen LogP contribution is 2.14. The molecule has 9 nitrogen and oxygen atoms in total. The number of anilines is 2. The number of nitrogens with one attached hydrogen (secondary N) is 1. The van der Waals surface area contributed by atoms with Gasteiger partial charge in [-0.2, -0.15) is 4.98 Å². The number of halogens is 2. The molecule has 0 radical (unpaired) electrons. The van der Waals surface area contributed by atoms with E-state index >= 15 is 0 Å². The second-order valence-electron chi connectivity index (χ2n) is 6.17. The highest BCUT2D eigenvalue weighted by molar-refractivity contribution is 5.90. The summed E-state index contributed by atoms with van der Waals surface area (Å²) in [5.41, 5.74) is -0.454. The van der Waals surface area contributed by atoms with Gasteiger partial charge < -0.3 is 15.0 Å². The Hall–Kier alpha value is -3.34. The Kier molecular flexibility index (Phi) is 4.74. The summed E-state index contributed by atoms with van der Waals surface area (Å²) in [4.78, 5) is 30.9. The Balaban J connectivity index is 1.53. The third-order valence-electron chi connectivity index (χ3n) is 4.27. The largest absolute Gasteiger partial charge is 0.378 e. The van der Waals surface area contributed by atoms with Gasteiger partial charge in [0.1, 0.15) is 12.4 Å². The van der Waals surface area contributed by atoms with Gasteiger partial charge in [0.15, 0.2) is 11.6 Å². The van der Waals surface area contributed by atoms with Crippen LogP contribution in [0.2, 0.25) is 0 Å². The predicted octanol–water partition coefficient (Wildman–Crippen LogP) is 0.644. The number of carbonyl (C=O) groups excluding carboxylic acids is 1. The van der Waals surface area contributed by atoms with Crippen LogP contribution in [-0.2, 0) is 16.1 Å². The van der Waals surface area contributed by atoms with Gasteiger partial charge in [0, 0.05) is 31.0 Å².